The molecule has 1 aromatic heterocycles. The van der Waals surface area contributed by atoms with E-state index in [4.69, 9.17) is 0 Å². The molecule has 1 aromatic rings. The standard InChI is InChI=1S/C16H23NO/c1-13-8-9-15(17-12-13)11-16(18)10-14-6-4-2-3-5-7-14/h8-9,12,14H,2-7,10-11H2,1H3. The van der Waals surface area contributed by atoms with Crippen molar-refractivity contribution in [3.8, 4) is 0 Å². The van der Waals surface area contributed by atoms with Gasteiger partial charge in [-0.3, -0.25) is 9.78 Å². The maximum Gasteiger partial charge on any atom is 0.139 e. The number of hydrogen-bond donors (Lipinski definition) is 0. The van der Waals surface area contributed by atoms with Crippen LogP contribution in [-0.2, 0) is 11.2 Å². The van der Waals surface area contributed by atoms with Crippen LogP contribution in [0.1, 0.15) is 56.2 Å². The Balaban J connectivity index is 1.82. The molecular formula is C16H23NO. The lowest BCUT2D eigenvalue weighted by Crippen LogP contribution is -2.11. The number of pyridine rings is 1. The van der Waals surface area contributed by atoms with Gasteiger partial charge in [0.1, 0.15) is 5.78 Å². The first kappa shape index (κ1) is 13.3. The van der Waals surface area contributed by atoms with Crippen LogP contribution in [0.25, 0.3) is 0 Å². The van der Waals surface area contributed by atoms with Crippen LogP contribution in [-0.4, -0.2) is 10.8 Å². The van der Waals surface area contributed by atoms with Crippen LogP contribution < -0.4 is 0 Å². The van der Waals surface area contributed by atoms with E-state index < -0.39 is 0 Å². The Hall–Kier alpha value is -1.18. The van der Waals surface area contributed by atoms with Crippen LogP contribution in [0.5, 0.6) is 0 Å². The fourth-order valence-electron chi connectivity index (χ4n) is 2.77. The molecule has 18 heavy (non-hydrogen) atoms. The smallest absolute Gasteiger partial charge is 0.139 e. The summed E-state index contributed by atoms with van der Waals surface area (Å²) in [5, 5.41) is 0. The second-order valence-corrected chi connectivity index (χ2v) is 5.60. The molecule has 0 atom stereocenters. The predicted molar refractivity (Wildman–Crippen MR) is 73.5 cm³/mol. The number of aromatic nitrogens is 1. The molecule has 0 spiro atoms. The van der Waals surface area contributed by atoms with E-state index in [1.807, 2.05) is 25.3 Å². The van der Waals surface area contributed by atoms with Crippen molar-refractivity contribution >= 4 is 5.78 Å². The van der Waals surface area contributed by atoms with E-state index in [-0.39, 0.29) is 0 Å². The van der Waals surface area contributed by atoms with Gasteiger partial charge in [0.25, 0.3) is 0 Å². The highest BCUT2D eigenvalue weighted by Gasteiger charge is 2.16. The van der Waals surface area contributed by atoms with Gasteiger partial charge < -0.3 is 0 Å². The van der Waals surface area contributed by atoms with Crippen molar-refractivity contribution in [1.29, 1.82) is 0 Å². The first-order chi connectivity index (χ1) is 8.74. The maximum absolute atomic E-state index is 12.0. The number of carbonyl (C=O) groups is 1. The van der Waals surface area contributed by atoms with Crippen molar-refractivity contribution in [1.82, 2.24) is 4.98 Å². The summed E-state index contributed by atoms with van der Waals surface area (Å²) in [5.74, 6) is 0.990. The molecule has 1 fully saturated rings. The highest BCUT2D eigenvalue weighted by atomic mass is 16.1. The molecule has 1 aliphatic carbocycles. The van der Waals surface area contributed by atoms with E-state index in [1.54, 1.807) is 0 Å². The molecule has 1 saturated carbocycles. The molecule has 2 nitrogen and oxygen atoms in total. The van der Waals surface area contributed by atoms with Gasteiger partial charge >= 0.3 is 0 Å². The van der Waals surface area contributed by atoms with Gasteiger partial charge in [0, 0.05) is 24.7 Å². The van der Waals surface area contributed by atoms with Gasteiger partial charge in [-0.1, -0.05) is 44.6 Å². The van der Waals surface area contributed by atoms with Crippen LogP contribution >= 0.6 is 0 Å². The summed E-state index contributed by atoms with van der Waals surface area (Å²) in [6.07, 6.45) is 10.9. The van der Waals surface area contributed by atoms with Gasteiger partial charge in [-0.25, -0.2) is 0 Å². The van der Waals surface area contributed by atoms with Crippen molar-refractivity contribution < 1.29 is 4.79 Å². The third kappa shape index (κ3) is 4.25. The SMILES string of the molecule is Cc1ccc(CC(=O)CC2CCCCCC2)nc1. The molecule has 2 rings (SSSR count). The third-order valence-electron chi connectivity index (χ3n) is 3.84. The lowest BCUT2D eigenvalue weighted by Gasteiger charge is -2.12. The Morgan fingerprint density at radius 1 is 1.22 bits per heavy atom. The van der Waals surface area contributed by atoms with Gasteiger partial charge in [0.2, 0.25) is 0 Å². The molecule has 0 aromatic carbocycles. The zero-order chi connectivity index (χ0) is 12.8. The Morgan fingerprint density at radius 3 is 2.56 bits per heavy atom. The number of hydrogen-bond acceptors (Lipinski definition) is 2. The van der Waals surface area contributed by atoms with Crippen molar-refractivity contribution in [2.24, 2.45) is 5.92 Å². The molecule has 0 aliphatic heterocycles. The molecule has 0 radical (unpaired) electrons. The summed E-state index contributed by atoms with van der Waals surface area (Å²) in [5.41, 5.74) is 2.06. The summed E-state index contributed by atoms with van der Waals surface area (Å²) in [7, 11) is 0. The normalized spacial score (nSPS) is 17.4. The minimum atomic E-state index is 0.359. The lowest BCUT2D eigenvalue weighted by molar-refractivity contribution is -0.119. The zero-order valence-electron chi connectivity index (χ0n) is 11.3. The topological polar surface area (TPSA) is 30.0 Å². The van der Waals surface area contributed by atoms with Crippen LogP contribution in [0, 0.1) is 12.8 Å². The summed E-state index contributed by atoms with van der Waals surface area (Å²) in [6.45, 7) is 2.02. The number of carbonyl (C=O) groups excluding carboxylic acids is 1. The molecule has 0 saturated heterocycles. The summed E-state index contributed by atoms with van der Waals surface area (Å²) in [6, 6.07) is 4.00. The van der Waals surface area contributed by atoms with Crippen LogP contribution in [0.15, 0.2) is 18.3 Å². The minimum Gasteiger partial charge on any atom is -0.299 e. The maximum atomic E-state index is 12.0. The molecule has 0 N–H and O–H groups in total. The highest BCUT2D eigenvalue weighted by molar-refractivity contribution is 5.80. The average molecular weight is 245 g/mol. The second kappa shape index (κ2) is 6.67. The van der Waals surface area contributed by atoms with Crippen LogP contribution in [0.4, 0.5) is 0 Å². The third-order valence-corrected chi connectivity index (χ3v) is 3.84. The first-order valence-corrected chi connectivity index (χ1v) is 7.17. The molecule has 1 heterocycles. The lowest BCUT2D eigenvalue weighted by atomic mass is 9.93. The summed E-state index contributed by atoms with van der Waals surface area (Å²) < 4.78 is 0. The molecule has 1 aliphatic rings. The number of aryl methyl sites for hydroxylation is 1. The fraction of sp³-hybridized carbons (Fsp3) is 0.625. The molecule has 0 unspecified atom stereocenters. The van der Waals surface area contributed by atoms with Gasteiger partial charge in [-0.05, 0) is 24.5 Å². The number of Topliss-reactive ketones (excluding diaryl/α,β-unsaturated/α-hetero) is 1. The van der Waals surface area contributed by atoms with E-state index in [1.165, 1.54) is 38.5 Å². The second-order valence-electron chi connectivity index (χ2n) is 5.60. The number of nitrogens with zero attached hydrogens (tertiary/aromatic N) is 1. The fourth-order valence-corrected chi connectivity index (χ4v) is 2.77. The first-order valence-electron chi connectivity index (χ1n) is 7.17. The summed E-state index contributed by atoms with van der Waals surface area (Å²) >= 11 is 0. The Bertz CT molecular complexity index is 375. The largest absolute Gasteiger partial charge is 0.299 e. The van der Waals surface area contributed by atoms with E-state index >= 15 is 0 Å². The monoisotopic (exact) mass is 245 g/mol. The Morgan fingerprint density at radius 2 is 1.94 bits per heavy atom. The van der Waals surface area contributed by atoms with Crippen molar-refractivity contribution in [2.45, 2.75) is 58.3 Å². The van der Waals surface area contributed by atoms with Crippen molar-refractivity contribution in [2.75, 3.05) is 0 Å². The molecule has 0 amide bonds. The quantitative estimate of drug-likeness (QED) is 0.754. The average Bonchev–Trinajstić information content (AvgIpc) is 2.61. The highest BCUT2D eigenvalue weighted by Crippen LogP contribution is 2.25. The van der Waals surface area contributed by atoms with E-state index in [0.717, 1.165) is 17.7 Å². The van der Waals surface area contributed by atoms with Crippen molar-refractivity contribution in [3.05, 3.63) is 29.6 Å². The van der Waals surface area contributed by atoms with E-state index in [2.05, 4.69) is 4.98 Å². The molecule has 0 bridgehead atoms. The van der Waals surface area contributed by atoms with Gasteiger partial charge in [-0.2, -0.15) is 0 Å². The van der Waals surface area contributed by atoms with Gasteiger partial charge in [0.05, 0.1) is 0 Å². The number of rotatable bonds is 4. The molecular weight excluding hydrogens is 222 g/mol. The Labute approximate surface area is 110 Å². The van der Waals surface area contributed by atoms with Crippen LogP contribution in [0.2, 0.25) is 0 Å². The van der Waals surface area contributed by atoms with Gasteiger partial charge in [0.15, 0.2) is 0 Å². The van der Waals surface area contributed by atoms with E-state index in [9.17, 15) is 4.79 Å². The van der Waals surface area contributed by atoms with Crippen LogP contribution in [0.3, 0.4) is 0 Å². The van der Waals surface area contributed by atoms with Crippen molar-refractivity contribution in [3.63, 3.8) is 0 Å². The Kier molecular flexibility index (Phi) is 4.91. The zero-order valence-corrected chi connectivity index (χ0v) is 11.3. The summed E-state index contributed by atoms with van der Waals surface area (Å²) in [4.78, 5) is 16.3. The number of ketones is 1. The van der Waals surface area contributed by atoms with Gasteiger partial charge in [-0.15, -0.1) is 0 Å². The predicted octanol–water partition coefficient (Wildman–Crippen LogP) is 3.86. The molecule has 2 heteroatoms. The minimum absolute atomic E-state index is 0.359. The van der Waals surface area contributed by atoms with E-state index in [0.29, 0.717) is 18.1 Å². The molecule has 98 valence electrons.